The van der Waals surface area contributed by atoms with Crippen molar-refractivity contribution in [2.45, 2.75) is 39.7 Å². The number of rotatable bonds is 5. The van der Waals surface area contributed by atoms with Crippen molar-refractivity contribution in [1.29, 1.82) is 0 Å². The Hall–Kier alpha value is -2.82. The molecule has 1 heterocycles. The number of hydrogen-bond acceptors (Lipinski definition) is 7. The highest BCUT2D eigenvalue weighted by Gasteiger charge is 2.31. The quantitative estimate of drug-likeness (QED) is 0.521. The second kappa shape index (κ2) is 8.46. The van der Waals surface area contributed by atoms with Crippen LogP contribution in [0.1, 0.15) is 32.0 Å². The molecule has 2 N–H and O–H groups in total. The number of carbonyl (C=O) groups excluding carboxylic acids is 1. The van der Waals surface area contributed by atoms with Crippen LogP contribution in [-0.4, -0.2) is 29.3 Å². The summed E-state index contributed by atoms with van der Waals surface area (Å²) in [5, 5.41) is 8.75. The van der Waals surface area contributed by atoms with E-state index in [1.54, 1.807) is 20.8 Å². The lowest BCUT2D eigenvalue weighted by Crippen LogP contribution is -2.27. The molecular formula is C17H19F3N4O3S. The van der Waals surface area contributed by atoms with Crippen LogP contribution in [0.5, 0.6) is 5.75 Å². The molecule has 2 aromatic rings. The fourth-order valence-electron chi connectivity index (χ4n) is 1.93. The normalized spacial score (nSPS) is 12.1. The number of alkyl halides is 3. The molecule has 1 amide bonds. The van der Waals surface area contributed by atoms with Gasteiger partial charge in [-0.3, -0.25) is 10.7 Å². The van der Waals surface area contributed by atoms with E-state index < -0.39 is 23.8 Å². The van der Waals surface area contributed by atoms with E-state index in [9.17, 15) is 18.0 Å². The number of hydrogen-bond donors (Lipinski definition) is 2. The average molecular weight is 416 g/mol. The first-order chi connectivity index (χ1) is 12.9. The van der Waals surface area contributed by atoms with Gasteiger partial charge in [-0.05, 0) is 45.9 Å². The molecule has 0 fully saturated rings. The Labute approximate surface area is 163 Å². The molecule has 0 aliphatic heterocycles. The molecule has 0 aliphatic carbocycles. The zero-order chi connectivity index (χ0) is 20.9. The minimum Gasteiger partial charge on any atom is -0.444 e. The first kappa shape index (κ1) is 21.5. The Balaban J connectivity index is 2.23. The zero-order valence-electron chi connectivity index (χ0n) is 15.5. The van der Waals surface area contributed by atoms with Gasteiger partial charge in [-0.15, -0.1) is 24.5 Å². The molecule has 0 saturated carbocycles. The molecule has 1 aromatic heterocycles. The summed E-state index contributed by atoms with van der Waals surface area (Å²) in [5.41, 5.74) is 3.11. The molecule has 0 saturated heterocycles. The predicted octanol–water partition coefficient (Wildman–Crippen LogP) is 5.14. The van der Waals surface area contributed by atoms with Gasteiger partial charge < -0.3 is 9.47 Å². The van der Waals surface area contributed by atoms with Crippen molar-refractivity contribution < 1.29 is 27.4 Å². The predicted molar refractivity (Wildman–Crippen MR) is 101 cm³/mol. The van der Waals surface area contributed by atoms with Crippen molar-refractivity contribution in [3.63, 3.8) is 0 Å². The monoisotopic (exact) mass is 416 g/mol. The summed E-state index contributed by atoms with van der Waals surface area (Å²) in [5.74, 6) is -0.450. The number of aryl methyl sites for hydroxylation is 1. The number of carbonyl (C=O) groups is 1. The molecule has 7 nitrogen and oxygen atoms in total. The van der Waals surface area contributed by atoms with Crippen LogP contribution in [0.25, 0.3) is 0 Å². The number of nitrogens with one attached hydrogen (secondary N) is 2. The molecule has 1 aromatic carbocycles. The first-order valence-corrected chi connectivity index (χ1v) is 8.90. The number of anilines is 2. The Morgan fingerprint density at radius 1 is 1.29 bits per heavy atom. The molecule has 152 valence electrons. The Morgan fingerprint density at radius 3 is 2.57 bits per heavy atom. The topological polar surface area (TPSA) is 84.8 Å². The van der Waals surface area contributed by atoms with Gasteiger partial charge in [0.1, 0.15) is 11.4 Å². The minimum absolute atomic E-state index is 0.174. The summed E-state index contributed by atoms with van der Waals surface area (Å²) >= 11 is 1.32. The molecule has 0 atom stereocenters. The summed E-state index contributed by atoms with van der Waals surface area (Å²) < 4.78 is 46.5. The van der Waals surface area contributed by atoms with E-state index in [0.29, 0.717) is 5.13 Å². The lowest BCUT2D eigenvalue weighted by Gasteiger charge is -2.20. The third-order valence-electron chi connectivity index (χ3n) is 2.88. The molecular weight excluding hydrogens is 397 g/mol. The lowest BCUT2D eigenvalue weighted by atomic mass is 10.2. The molecule has 0 aliphatic rings. The highest BCUT2D eigenvalue weighted by molar-refractivity contribution is 7.13. The van der Waals surface area contributed by atoms with E-state index in [-0.39, 0.29) is 11.3 Å². The number of ether oxygens (including phenoxy) is 2. The summed E-state index contributed by atoms with van der Waals surface area (Å²) in [6, 6.07) is 3.44. The number of amides is 1. The molecule has 0 unspecified atom stereocenters. The third-order valence-corrected chi connectivity index (χ3v) is 3.74. The smallest absolute Gasteiger partial charge is 0.444 e. The number of aromatic nitrogens is 1. The van der Waals surface area contributed by atoms with E-state index in [4.69, 9.17) is 4.74 Å². The highest BCUT2D eigenvalue weighted by atomic mass is 32.1. The van der Waals surface area contributed by atoms with Gasteiger partial charge in [-0.2, -0.15) is 5.10 Å². The van der Waals surface area contributed by atoms with Crippen LogP contribution in [-0.2, 0) is 4.74 Å². The van der Waals surface area contributed by atoms with E-state index in [1.165, 1.54) is 23.6 Å². The number of hydrazone groups is 1. The van der Waals surface area contributed by atoms with Crippen LogP contribution in [0.4, 0.5) is 28.8 Å². The highest BCUT2D eigenvalue weighted by Crippen LogP contribution is 2.27. The minimum atomic E-state index is -4.84. The van der Waals surface area contributed by atoms with Gasteiger partial charge in [-0.1, -0.05) is 0 Å². The zero-order valence-corrected chi connectivity index (χ0v) is 16.4. The van der Waals surface area contributed by atoms with Gasteiger partial charge in [0.15, 0.2) is 0 Å². The number of benzene rings is 1. The van der Waals surface area contributed by atoms with Crippen molar-refractivity contribution in [1.82, 2.24) is 4.98 Å². The first-order valence-electron chi connectivity index (χ1n) is 8.02. The van der Waals surface area contributed by atoms with Crippen molar-refractivity contribution in [3.8, 4) is 5.75 Å². The number of halogens is 3. The fourth-order valence-corrected chi connectivity index (χ4v) is 2.57. The summed E-state index contributed by atoms with van der Waals surface area (Å²) in [7, 11) is 0. The van der Waals surface area contributed by atoms with Crippen LogP contribution in [0, 0.1) is 6.92 Å². The van der Waals surface area contributed by atoms with Crippen molar-refractivity contribution in [2.24, 2.45) is 5.10 Å². The van der Waals surface area contributed by atoms with Gasteiger partial charge in [0.05, 0.1) is 17.6 Å². The summed E-state index contributed by atoms with van der Waals surface area (Å²) in [6.07, 6.45) is -4.35. The molecule has 0 spiro atoms. The maximum absolute atomic E-state index is 12.5. The number of nitrogens with zero attached hydrogens (tertiary/aromatic N) is 2. The molecule has 28 heavy (non-hydrogen) atoms. The lowest BCUT2D eigenvalue weighted by molar-refractivity contribution is -0.274. The Morgan fingerprint density at radius 2 is 2.00 bits per heavy atom. The Bertz CT molecular complexity index is 860. The van der Waals surface area contributed by atoms with Crippen LogP contribution in [0.15, 0.2) is 28.7 Å². The SMILES string of the molecule is Cc1csc(NN=Cc2cc(OC(F)(F)F)ccc2NC(=O)OC(C)(C)C)n1. The number of thiazole rings is 1. The summed E-state index contributed by atoms with van der Waals surface area (Å²) in [6.45, 7) is 6.88. The van der Waals surface area contributed by atoms with Gasteiger partial charge >= 0.3 is 12.5 Å². The third kappa shape index (κ3) is 7.43. The van der Waals surface area contributed by atoms with Gasteiger partial charge in [-0.25, -0.2) is 9.78 Å². The van der Waals surface area contributed by atoms with Gasteiger partial charge in [0.2, 0.25) is 5.13 Å². The van der Waals surface area contributed by atoms with Gasteiger partial charge in [0, 0.05) is 10.9 Å². The van der Waals surface area contributed by atoms with Crippen molar-refractivity contribution in [2.75, 3.05) is 10.7 Å². The standard InChI is InChI=1S/C17H19F3N4O3S/c1-10-9-28-14(22-10)24-21-8-11-7-12(26-17(18,19)20)5-6-13(11)23-15(25)27-16(2,3)4/h5-9H,1-4H3,(H,22,24)(H,23,25). The van der Waals surface area contributed by atoms with Crippen LogP contribution in [0.3, 0.4) is 0 Å². The maximum Gasteiger partial charge on any atom is 0.573 e. The molecule has 11 heteroatoms. The average Bonchev–Trinajstić information content (AvgIpc) is 2.92. The van der Waals surface area contributed by atoms with Gasteiger partial charge in [0.25, 0.3) is 0 Å². The van der Waals surface area contributed by atoms with Crippen LogP contribution in [0.2, 0.25) is 0 Å². The van der Waals surface area contributed by atoms with E-state index in [1.807, 2.05) is 12.3 Å². The fraction of sp³-hybridized carbons (Fsp3) is 0.353. The molecule has 0 radical (unpaired) electrons. The second-order valence-corrected chi connectivity index (χ2v) is 7.45. The maximum atomic E-state index is 12.5. The van der Waals surface area contributed by atoms with Crippen LogP contribution < -0.4 is 15.5 Å². The largest absolute Gasteiger partial charge is 0.573 e. The Kier molecular flexibility index (Phi) is 6.49. The van der Waals surface area contributed by atoms with Crippen molar-refractivity contribution in [3.05, 3.63) is 34.8 Å². The van der Waals surface area contributed by atoms with E-state index in [2.05, 4.69) is 25.6 Å². The summed E-state index contributed by atoms with van der Waals surface area (Å²) in [4.78, 5) is 16.1. The second-order valence-electron chi connectivity index (χ2n) is 6.59. The van der Waals surface area contributed by atoms with Crippen molar-refractivity contribution >= 4 is 34.5 Å². The molecule has 2 rings (SSSR count). The van der Waals surface area contributed by atoms with E-state index in [0.717, 1.165) is 17.8 Å². The van der Waals surface area contributed by atoms with E-state index >= 15 is 0 Å². The van der Waals surface area contributed by atoms with Crippen LogP contribution >= 0.6 is 11.3 Å². The molecule has 0 bridgehead atoms.